The van der Waals surface area contributed by atoms with Gasteiger partial charge in [-0.1, -0.05) is 53.2 Å². The summed E-state index contributed by atoms with van der Waals surface area (Å²) in [6.45, 7) is 18.8. The average Bonchev–Trinajstić information content (AvgIpc) is 2.71. The molecule has 5 heteroatoms. The van der Waals surface area contributed by atoms with Gasteiger partial charge >= 0.3 is 5.97 Å². The molecule has 0 atom stereocenters. The summed E-state index contributed by atoms with van der Waals surface area (Å²) >= 11 is 0. The first-order valence-electron chi connectivity index (χ1n) is 12.0. The van der Waals surface area contributed by atoms with Crippen LogP contribution in [0.3, 0.4) is 0 Å². The molecule has 1 aromatic carbocycles. The number of hydrogen-bond acceptors (Lipinski definition) is 4. The fourth-order valence-corrected chi connectivity index (χ4v) is 4.19. The van der Waals surface area contributed by atoms with Crippen molar-refractivity contribution in [1.29, 1.82) is 0 Å². The third-order valence-corrected chi connectivity index (χ3v) is 5.80. The monoisotopic (exact) mass is 432 g/mol. The third-order valence-electron chi connectivity index (χ3n) is 5.80. The highest BCUT2D eigenvalue weighted by molar-refractivity contribution is 5.84. The van der Waals surface area contributed by atoms with Gasteiger partial charge in [0.2, 0.25) is 0 Å². The molecule has 0 unspecified atom stereocenters. The summed E-state index contributed by atoms with van der Waals surface area (Å²) in [5.41, 5.74) is 3.10. The zero-order chi connectivity index (χ0) is 23.4. The highest BCUT2D eigenvalue weighted by Crippen LogP contribution is 2.46. The smallest absolute Gasteiger partial charge is 0.314 e. The molecule has 1 aliphatic carbocycles. The van der Waals surface area contributed by atoms with Crippen LogP contribution in [0.4, 0.5) is 11.4 Å². The summed E-state index contributed by atoms with van der Waals surface area (Å²) in [6.07, 6.45) is 5.68. The summed E-state index contributed by atoms with van der Waals surface area (Å²) < 4.78 is 5.52. The van der Waals surface area contributed by atoms with Crippen LogP contribution in [0.1, 0.15) is 85.6 Å². The largest absolute Gasteiger partial charge is 0.481 e. The number of rotatable bonds is 7. The lowest BCUT2D eigenvalue weighted by molar-refractivity contribution is -0.147. The van der Waals surface area contributed by atoms with E-state index in [9.17, 15) is 9.90 Å². The molecular weight excluding hydrogens is 388 g/mol. The first-order chi connectivity index (χ1) is 14.9. The van der Waals surface area contributed by atoms with Gasteiger partial charge in [-0.3, -0.25) is 4.79 Å². The Kier molecular flexibility index (Phi) is 11.7. The maximum absolute atomic E-state index is 11.9. The number of nitrogens with zero attached hydrogens (tertiary/aromatic N) is 1. The molecule has 0 spiro atoms. The molecule has 2 aliphatic rings. The number of aliphatic carboxylic acids is 1. The number of nitrogens with one attached hydrogen (secondary N) is 1. The van der Waals surface area contributed by atoms with Gasteiger partial charge in [-0.25, -0.2) is 0 Å². The Balaban J connectivity index is 0.000000884. The summed E-state index contributed by atoms with van der Waals surface area (Å²) in [7, 11) is 0. The molecule has 176 valence electrons. The van der Waals surface area contributed by atoms with Crippen LogP contribution in [0.5, 0.6) is 0 Å². The number of hydrogen-bond donors (Lipinski definition) is 2. The Labute approximate surface area is 189 Å². The summed E-state index contributed by atoms with van der Waals surface area (Å²) in [4.78, 5) is 14.3. The van der Waals surface area contributed by atoms with Crippen LogP contribution in [-0.2, 0) is 14.9 Å². The molecule has 1 aromatic rings. The third kappa shape index (κ3) is 6.73. The second-order valence-corrected chi connectivity index (χ2v) is 8.21. The Hall–Kier alpha value is -2.01. The lowest BCUT2D eigenvalue weighted by Gasteiger charge is -2.40. The normalized spacial score (nSPS) is 17.1. The quantitative estimate of drug-likeness (QED) is 0.509. The molecule has 1 saturated heterocycles. The van der Waals surface area contributed by atoms with E-state index in [-0.39, 0.29) is 0 Å². The van der Waals surface area contributed by atoms with E-state index in [0.717, 1.165) is 61.7 Å². The van der Waals surface area contributed by atoms with Crippen molar-refractivity contribution >= 4 is 17.3 Å². The minimum absolute atomic E-state index is 0.447. The van der Waals surface area contributed by atoms with Crippen molar-refractivity contribution in [1.82, 2.24) is 0 Å². The second-order valence-electron chi connectivity index (χ2n) is 8.21. The standard InChI is InChI=1S/C21H30N2O3.C3H8.C2H6/c1-4-23(17-8-12-26-13-9-17)19-7-6-16(14-18(19)22-15(2)3)21(20(24)25)10-5-11-21;1-3-2;1-2/h6-7,14,17,22H,2,4-5,8-13H2,1,3H3,(H,24,25);3H2,1-2H3;1-2H3. The van der Waals surface area contributed by atoms with Crippen LogP contribution in [-0.4, -0.2) is 36.9 Å². The molecule has 1 heterocycles. The van der Waals surface area contributed by atoms with E-state index in [1.165, 1.54) is 6.42 Å². The predicted molar refractivity (Wildman–Crippen MR) is 132 cm³/mol. The molecule has 31 heavy (non-hydrogen) atoms. The molecule has 1 saturated carbocycles. The first-order valence-corrected chi connectivity index (χ1v) is 12.0. The molecule has 3 rings (SSSR count). The summed E-state index contributed by atoms with van der Waals surface area (Å²) in [5, 5.41) is 13.1. The van der Waals surface area contributed by atoms with E-state index >= 15 is 0 Å². The highest BCUT2D eigenvalue weighted by Gasteiger charge is 2.46. The number of ether oxygens (including phenoxy) is 1. The van der Waals surface area contributed by atoms with Gasteiger partial charge < -0.3 is 20.1 Å². The lowest BCUT2D eigenvalue weighted by Crippen LogP contribution is -2.42. The Bertz CT molecular complexity index is 692. The molecule has 1 aliphatic heterocycles. The molecule has 0 amide bonds. The van der Waals surface area contributed by atoms with Crippen LogP contribution >= 0.6 is 0 Å². The number of allylic oxidation sites excluding steroid dienone is 1. The second kappa shape index (κ2) is 13.4. The van der Waals surface area contributed by atoms with Crippen molar-refractivity contribution in [2.24, 2.45) is 0 Å². The van der Waals surface area contributed by atoms with Gasteiger partial charge in [-0.05, 0) is 57.2 Å². The van der Waals surface area contributed by atoms with E-state index < -0.39 is 11.4 Å². The van der Waals surface area contributed by atoms with Gasteiger partial charge in [0.05, 0.1) is 16.8 Å². The van der Waals surface area contributed by atoms with Gasteiger partial charge in [0.1, 0.15) is 0 Å². The predicted octanol–water partition coefficient (Wildman–Crippen LogP) is 6.59. The van der Waals surface area contributed by atoms with Gasteiger partial charge in [-0.2, -0.15) is 0 Å². The number of carboxylic acids is 1. The van der Waals surface area contributed by atoms with E-state index in [0.29, 0.717) is 18.9 Å². The zero-order valence-corrected chi connectivity index (χ0v) is 20.6. The maximum atomic E-state index is 11.9. The van der Waals surface area contributed by atoms with Crippen molar-refractivity contribution in [3.63, 3.8) is 0 Å². The van der Waals surface area contributed by atoms with Crippen LogP contribution in [0.2, 0.25) is 0 Å². The number of carbonyl (C=O) groups is 1. The molecular formula is C26H44N2O3. The van der Waals surface area contributed by atoms with E-state index in [1.54, 1.807) is 0 Å². The number of anilines is 2. The van der Waals surface area contributed by atoms with Gasteiger partial charge in [0.15, 0.2) is 0 Å². The minimum atomic E-state index is -0.722. The molecule has 0 radical (unpaired) electrons. The van der Waals surface area contributed by atoms with Crippen LogP contribution in [0.25, 0.3) is 0 Å². The summed E-state index contributed by atoms with van der Waals surface area (Å²) in [5.74, 6) is -0.713. The lowest BCUT2D eigenvalue weighted by atomic mass is 9.64. The number of benzene rings is 1. The Morgan fingerprint density at radius 1 is 1.23 bits per heavy atom. The molecule has 2 fully saturated rings. The Morgan fingerprint density at radius 2 is 1.81 bits per heavy atom. The summed E-state index contributed by atoms with van der Waals surface area (Å²) in [6, 6.07) is 6.57. The van der Waals surface area contributed by atoms with Crippen molar-refractivity contribution in [2.75, 3.05) is 30.0 Å². The topological polar surface area (TPSA) is 61.8 Å². The SMILES string of the molecule is C=C(C)Nc1cc(C2(C(=O)O)CCC2)ccc1N(CC)C1CCOCC1.CC.CCC. The fourth-order valence-electron chi connectivity index (χ4n) is 4.19. The zero-order valence-electron chi connectivity index (χ0n) is 20.6. The molecule has 0 bridgehead atoms. The van der Waals surface area contributed by atoms with Crippen molar-refractivity contribution in [3.05, 3.63) is 36.0 Å². The van der Waals surface area contributed by atoms with Crippen molar-refractivity contribution < 1.29 is 14.6 Å². The van der Waals surface area contributed by atoms with Crippen molar-refractivity contribution in [3.8, 4) is 0 Å². The van der Waals surface area contributed by atoms with Gasteiger partial charge in [0.25, 0.3) is 0 Å². The van der Waals surface area contributed by atoms with E-state index in [1.807, 2.05) is 32.9 Å². The van der Waals surface area contributed by atoms with E-state index in [2.05, 4.69) is 43.6 Å². The van der Waals surface area contributed by atoms with Crippen molar-refractivity contribution in [2.45, 2.75) is 91.5 Å². The first kappa shape index (κ1) is 27.0. The molecule has 5 nitrogen and oxygen atoms in total. The van der Waals surface area contributed by atoms with Gasteiger partial charge in [0, 0.05) is 31.5 Å². The van der Waals surface area contributed by atoms with E-state index in [4.69, 9.17) is 4.74 Å². The molecule has 2 N–H and O–H groups in total. The molecule has 0 aromatic heterocycles. The van der Waals surface area contributed by atoms with Gasteiger partial charge in [-0.15, -0.1) is 0 Å². The highest BCUT2D eigenvalue weighted by atomic mass is 16.5. The number of carboxylic acid groups (broad SMARTS) is 1. The fraction of sp³-hybridized carbons (Fsp3) is 0.654. The van der Waals surface area contributed by atoms with Crippen LogP contribution in [0.15, 0.2) is 30.5 Å². The average molecular weight is 433 g/mol. The van der Waals surface area contributed by atoms with Crippen LogP contribution in [0, 0.1) is 0 Å². The minimum Gasteiger partial charge on any atom is -0.481 e. The maximum Gasteiger partial charge on any atom is 0.314 e. The van der Waals surface area contributed by atoms with Crippen LogP contribution < -0.4 is 10.2 Å². The Morgan fingerprint density at radius 3 is 2.23 bits per heavy atom.